The van der Waals surface area contributed by atoms with E-state index in [-0.39, 0.29) is 5.56 Å². The number of carbonyl (C=O) groups is 2. The standard InChI is InChI=1S/C19H19N3O4S/c1-3-26-15-10-11(27-2)8-9-13(15)21-17(23)16-12-6-4-5-7-14(12)22(18(16)24)19(20)25/h4-10,24H,3H2,1-2H3,(H2,20,25)(H,21,23). The summed E-state index contributed by atoms with van der Waals surface area (Å²) >= 11 is 1.56. The number of para-hydroxylation sites is 1. The summed E-state index contributed by atoms with van der Waals surface area (Å²) in [5.41, 5.74) is 6.15. The SMILES string of the molecule is CCOc1cc(SC)ccc1NC(=O)c1c(O)n(C(N)=O)c2ccccc12. The molecule has 1 aromatic heterocycles. The molecule has 1 heterocycles. The quantitative estimate of drug-likeness (QED) is 0.581. The summed E-state index contributed by atoms with van der Waals surface area (Å²) in [6.45, 7) is 2.29. The van der Waals surface area contributed by atoms with E-state index in [2.05, 4.69) is 5.32 Å². The number of nitrogens with zero attached hydrogens (tertiary/aromatic N) is 1. The van der Waals surface area contributed by atoms with Crippen molar-refractivity contribution in [1.82, 2.24) is 4.57 Å². The number of anilines is 1. The van der Waals surface area contributed by atoms with Crippen LogP contribution in [0.15, 0.2) is 47.4 Å². The first-order chi connectivity index (χ1) is 13.0. The molecular weight excluding hydrogens is 366 g/mol. The fourth-order valence-electron chi connectivity index (χ4n) is 2.87. The van der Waals surface area contributed by atoms with Gasteiger partial charge in [0.25, 0.3) is 5.91 Å². The molecule has 7 nitrogen and oxygen atoms in total. The summed E-state index contributed by atoms with van der Waals surface area (Å²) in [4.78, 5) is 25.6. The lowest BCUT2D eigenvalue weighted by Crippen LogP contribution is -2.19. The van der Waals surface area contributed by atoms with Crippen molar-refractivity contribution in [3.05, 3.63) is 48.0 Å². The van der Waals surface area contributed by atoms with Gasteiger partial charge in [-0.05, 0) is 37.4 Å². The molecule has 2 aromatic carbocycles. The Morgan fingerprint density at radius 2 is 2.00 bits per heavy atom. The molecular formula is C19H19N3O4S. The molecule has 0 bridgehead atoms. The molecule has 0 fully saturated rings. The monoisotopic (exact) mass is 385 g/mol. The van der Waals surface area contributed by atoms with Crippen LogP contribution in [-0.4, -0.2) is 34.5 Å². The number of amides is 2. The van der Waals surface area contributed by atoms with Gasteiger partial charge in [0.05, 0.1) is 17.8 Å². The Bertz CT molecular complexity index is 1030. The normalized spacial score (nSPS) is 10.7. The van der Waals surface area contributed by atoms with Crippen molar-refractivity contribution in [2.24, 2.45) is 5.73 Å². The van der Waals surface area contributed by atoms with E-state index in [1.165, 1.54) is 0 Å². The number of carbonyl (C=O) groups excluding carboxylic acids is 2. The summed E-state index contributed by atoms with van der Waals surface area (Å²) in [6, 6.07) is 11.2. The topological polar surface area (TPSA) is 107 Å². The number of primary amides is 1. The highest BCUT2D eigenvalue weighted by Gasteiger charge is 2.25. The number of aromatic nitrogens is 1. The number of hydrogen-bond acceptors (Lipinski definition) is 5. The van der Waals surface area contributed by atoms with E-state index in [0.717, 1.165) is 9.46 Å². The summed E-state index contributed by atoms with van der Waals surface area (Å²) in [7, 11) is 0. The van der Waals surface area contributed by atoms with E-state index in [0.29, 0.717) is 28.9 Å². The minimum absolute atomic E-state index is 0.0270. The van der Waals surface area contributed by atoms with E-state index >= 15 is 0 Å². The molecule has 3 aromatic rings. The average Bonchev–Trinajstić information content (AvgIpc) is 2.95. The molecule has 3 rings (SSSR count). The highest BCUT2D eigenvalue weighted by molar-refractivity contribution is 7.98. The molecule has 2 amide bonds. The second-order valence-electron chi connectivity index (χ2n) is 5.64. The molecule has 0 aliphatic carbocycles. The van der Waals surface area contributed by atoms with Gasteiger partial charge in [-0.2, -0.15) is 0 Å². The van der Waals surface area contributed by atoms with Crippen LogP contribution < -0.4 is 15.8 Å². The lowest BCUT2D eigenvalue weighted by atomic mass is 10.1. The van der Waals surface area contributed by atoms with Crippen LogP contribution in [0.4, 0.5) is 10.5 Å². The maximum absolute atomic E-state index is 12.9. The van der Waals surface area contributed by atoms with Crippen molar-refractivity contribution >= 4 is 40.3 Å². The number of fused-ring (bicyclic) bond motifs is 1. The number of nitrogens with one attached hydrogen (secondary N) is 1. The first-order valence-corrected chi connectivity index (χ1v) is 9.44. The number of nitrogens with two attached hydrogens (primary N) is 1. The van der Waals surface area contributed by atoms with Crippen LogP contribution in [0.2, 0.25) is 0 Å². The molecule has 0 unspecified atom stereocenters. The minimum atomic E-state index is -0.873. The van der Waals surface area contributed by atoms with Gasteiger partial charge in [0.15, 0.2) is 0 Å². The van der Waals surface area contributed by atoms with Crippen molar-refractivity contribution in [2.75, 3.05) is 18.2 Å². The molecule has 0 saturated heterocycles. The summed E-state index contributed by atoms with van der Waals surface area (Å²) in [6.07, 6.45) is 1.94. The van der Waals surface area contributed by atoms with Crippen LogP contribution in [-0.2, 0) is 0 Å². The number of hydrogen-bond donors (Lipinski definition) is 3. The molecule has 0 aliphatic heterocycles. The predicted molar refractivity (Wildman–Crippen MR) is 106 cm³/mol. The van der Waals surface area contributed by atoms with Crippen LogP contribution >= 0.6 is 11.8 Å². The van der Waals surface area contributed by atoms with Crippen LogP contribution in [0.1, 0.15) is 17.3 Å². The lowest BCUT2D eigenvalue weighted by Gasteiger charge is -2.12. The van der Waals surface area contributed by atoms with Gasteiger partial charge >= 0.3 is 6.03 Å². The van der Waals surface area contributed by atoms with Gasteiger partial charge in [0.1, 0.15) is 11.3 Å². The zero-order valence-electron chi connectivity index (χ0n) is 14.9. The largest absolute Gasteiger partial charge is 0.494 e. The Hall–Kier alpha value is -3.13. The maximum Gasteiger partial charge on any atom is 0.326 e. The molecule has 4 N–H and O–H groups in total. The lowest BCUT2D eigenvalue weighted by molar-refractivity contribution is 0.102. The van der Waals surface area contributed by atoms with E-state index in [1.807, 2.05) is 25.3 Å². The molecule has 0 radical (unpaired) electrons. The van der Waals surface area contributed by atoms with Gasteiger partial charge in [-0.1, -0.05) is 18.2 Å². The molecule has 0 spiro atoms. The summed E-state index contributed by atoms with van der Waals surface area (Å²) < 4.78 is 6.51. The second kappa shape index (κ2) is 7.63. The fraction of sp³-hybridized carbons (Fsp3) is 0.158. The Kier molecular flexibility index (Phi) is 5.27. The fourth-order valence-corrected chi connectivity index (χ4v) is 3.29. The van der Waals surface area contributed by atoms with Crippen molar-refractivity contribution in [2.45, 2.75) is 11.8 Å². The van der Waals surface area contributed by atoms with Crippen LogP contribution in [0, 0.1) is 0 Å². The predicted octanol–water partition coefficient (Wildman–Crippen LogP) is 3.65. The molecule has 0 aliphatic rings. The van der Waals surface area contributed by atoms with Crippen LogP contribution in [0.3, 0.4) is 0 Å². The third kappa shape index (κ3) is 3.43. The van der Waals surface area contributed by atoms with Crippen LogP contribution in [0.25, 0.3) is 10.9 Å². The van der Waals surface area contributed by atoms with E-state index < -0.39 is 17.8 Å². The highest BCUT2D eigenvalue weighted by Crippen LogP contribution is 2.34. The third-order valence-corrected chi connectivity index (χ3v) is 4.76. The highest BCUT2D eigenvalue weighted by atomic mass is 32.2. The van der Waals surface area contributed by atoms with Gasteiger partial charge in [-0.15, -0.1) is 11.8 Å². The average molecular weight is 385 g/mol. The maximum atomic E-state index is 12.9. The van der Waals surface area contributed by atoms with Crippen LogP contribution in [0.5, 0.6) is 11.6 Å². The molecule has 8 heteroatoms. The number of benzene rings is 2. The van der Waals surface area contributed by atoms with Crippen molar-refractivity contribution in [3.8, 4) is 11.6 Å². The van der Waals surface area contributed by atoms with Crippen molar-refractivity contribution in [3.63, 3.8) is 0 Å². The number of ether oxygens (including phenoxy) is 1. The molecule has 0 saturated carbocycles. The van der Waals surface area contributed by atoms with Gasteiger partial charge in [0, 0.05) is 10.3 Å². The minimum Gasteiger partial charge on any atom is -0.494 e. The smallest absolute Gasteiger partial charge is 0.326 e. The van der Waals surface area contributed by atoms with Crippen molar-refractivity contribution < 1.29 is 19.4 Å². The van der Waals surface area contributed by atoms with E-state index in [4.69, 9.17) is 10.5 Å². The molecule has 27 heavy (non-hydrogen) atoms. The Balaban J connectivity index is 2.05. The zero-order chi connectivity index (χ0) is 19.6. The van der Waals surface area contributed by atoms with Gasteiger partial charge in [-0.3, -0.25) is 4.79 Å². The molecule has 0 atom stereocenters. The zero-order valence-corrected chi connectivity index (χ0v) is 15.7. The van der Waals surface area contributed by atoms with Gasteiger partial charge < -0.3 is 20.9 Å². The van der Waals surface area contributed by atoms with Gasteiger partial charge in [0.2, 0.25) is 5.88 Å². The van der Waals surface area contributed by atoms with E-state index in [1.54, 1.807) is 42.1 Å². The summed E-state index contributed by atoms with van der Waals surface area (Å²) in [5, 5.41) is 13.6. The summed E-state index contributed by atoms with van der Waals surface area (Å²) in [5.74, 6) is -0.544. The molecule has 140 valence electrons. The first kappa shape index (κ1) is 18.7. The number of thioether (sulfide) groups is 1. The second-order valence-corrected chi connectivity index (χ2v) is 6.52. The van der Waals surface area contributed by atoms with Crippen molar-refractivity contribution in [1.29, 1.82) is 0 Å². The number of rotatable bonds is 5. The Morgan fingerprint density at radius 1 is 1.26 bits per heavy atom. The van der Waals surface area contributed by atoms with Gasteiger partial charge in [-0.25, -0.2) is 9.36 Å². The van der Waals surface area contributed by atoms with E-state index in [9.17, 15) is 14.7 Å². The Labute approximate surface area is 160 Å². The third-order valence-electron chi connectivity index (χ3n) is 4.03. The number of aromatic hydroxyl groups is 1. The Morgan fingerprint density at radius 3 is 2.67 bits per heavy atom. The first-order valence-electron chi connectivity index (χ1n) is 8.22.